The van der Waals surface area contributed by atoms with Crippen LogP contribution in [0.4, 0.5) is 5.82 Å². The minimum atomic E-state index is 0.0291. The van der Waals surface area contributed by atoms with Gasteiger partial charge in [-0.3, -0.25) is 0 Å². The van der Waals surface area contributed by atoms with Gasteiger partial charge in [0.15, 0.2) is 11.0 Å². The van der Waals surface area contributed by atoms with E-state index in [1.807, 2.05) is 20.8 Å². The third-order valence-electron chi connectivity index (χ3n) is 2.31. The summed E-state index contributed by atoms with van der Waals surface area (Å²) in [6.45, 7) is 5.96. The molecule has 0 radical (unpaired) electrons. The van der Waals surface area contributed by atoms with Gasteiger partial charge in [-0.2, -0.15) is 4.98 Å². The van der Waals surface area contributed by atoms with E-state index >= 15 is 0 Å². The lowest BCUT2D eigenvalue weighted by Crippen LogP contribution is -2.09. The second-order valence-corrected chi connectivity index (χ2v) is 5.70. The molecule has 18 heavy (non-hydrogen) atoms. The van der Waals surface area contributed by atoms with Crippen LogP contribution in [0.3, 0.4) is 0 Å². The number of aryl methyl sites for hydroxylation is 2. The van der Waals surface area contributed by atoms with E-state index in [4.69, 9.17) is 23.2 Å². The molecule has 0 aliphatic heterocycles. The number of rotatable bonds is 3. The molecule has 2 aromatic rings. The molecular weight excluding hydrogens is 293 g/mol. The molecule has 1 N–H and O–H groups in total. The average molecular weight is 304 g/mol. The molecule has 1 atom stereocenters. The normalized spacial score (nSPS) is 12.5. The Morgan fingerprint density at radius 3 is 2.50 bits per heavy atom. The monoisotopic (exact) mass is 303 g/mol. The van der Waals surface area contributed by atoms with Crippen molar-refractivity contribution in [3.63, 3.8) is 0 Å². The number of hydrogen-bond donors (Lipinski definition) is 1. The minimum Gasteiger partial charge on any atom is -0.360 e. The second-order valence-electron chi connectivity index (χ2n) is 3.77. The fraction of sp³-hybridized carbons (Fsp3) is 0.400. The summed E-state index contributed by atoms with van der Waals surface area (Å²) < 4.78 is 0. The molecule has 2 rings (SSSR count). The smallest absolute Gasteiger partial charge is 0.245 e. The molecule has 2 aromatic heterocycles. The van der Waals surface area contributed by atoms with Crippen molar-refractivity contribution in [2.75, 3.05) is 5.32 Å². The average Bonchev–Trinajstić information content (AvgIpc) is 2.63. The Labute approximate surface area is 119 Å². The molecular formula is C10H11Cl2N5S. The van der Waals surface area contributed by atoms with Crippen molar-refractivity contribution in [3.8, 4) is 0 Å². The Hall–Kier alpha value is -0.980. The molecule has 0 fully saturated rings. The highest BCUT2D eigenvalue weighted by molar-refractivity contribution is 7.11. The maximum atomic E-state index is 5.90. The van der Waals surface area contributed by atoms with Crippen LogP contribution in [0, 0.1) is 13.8 Å². The van der Waals surface area contributed by atoms with Crippen molar-refractivity contribution >= 4 is 40.4 Å². The Bertz CT molecular complexity index is 571. The number of halogens is 2. The number of aromatic nitrogens is 4. The summed E-state index contributed by atoms with van der Waals surface area (Å²) in [5.41, 5.74) is 1.00. The van der Waals surface area contributed by atoms with Crippen molar-refractivity contribution < 1.29 is 0 Å². The highest BCUT2D eigenvalue weighted by atomic mass is 35.5. The van der Waals surface area contributed by atoms with Gasteiger partial charge in [0, 0.05) is 4.88 Å². The van der Waals surface area contributed by atoms with Gasteiger partial charge in [0.2, 0.25) is 5.28 Å². The van der Waals surface area contributed by atoms with Crippen LogP contribution in [0.2, 0.25) is 10.4 Å². The van der Waals surface area contributed by atoms with E-state index in [0.717, 1.165) is 15.6 Å². The molecule has 0 saturated carbocycles. The maximum absolute atomic E-state index is 5.90. The molecule has 0 saturated heterocycles. The SMILES string of the molecule is Cc1nc(C)c(C(C)Nc2nc(Cl)nnc2Cl)s1. The summed E-state index contributed by atoms with van der Waals surface area (Å²) in [7, 11) is 0. The molecule has 0 aliphatic carbocycles. The molecule has 96 valence electrons. The first-order valence-corrected chi connectivity index (χ1v) is 6.80. The topological polar surface area (TPSA) is 63.6 Å². The molecule has 0 aliphatic rings. The van der Waals surface area contributed by atoms with Crippen LogP contribution in [-0.2, 0) is 0 Å². The lowest BCUT2D eigenvalue weighted by molar-refractivity contribution is 0.863. The quantitative estimate of drug-likeness (QED) is 0.941. The largest absolute Gasteiger partial charge is 0.360 e. The number of hydrogen-bond acceptors (Lipinski definition) is 6. The zero-order valence-electron chi connectivity index (χ0n) is 10.0. The van der Waals surface area contributed by atoms with Crippen LogP contribution < -0.4 is 5.32 Å². The van der Waals surface area contributed by atoms with E-state index in [1.165, 1.54) is 0 Å². The van der Waals surface area contributed by atoms with E-state index in [9.17, 15) is 0 Å². The van der Waals surface area contributed by atoms with Gasteiger partial charge in [-0.15, -0.1) is 21.5 Å². The lowest BCUT2D eigenvalue weighted by Gasteiger charge is -2.13. The number of nitrogens with zero attached hydrogens (tertiary/aromatic N) is 4. The van der Waals surface area contributed by atoms with Gasteiger partial charge in [-0.25, -0.2) is 4.98 Å². The van der Waals surface area contributed by atoms with Crippen molar-refractivity contribution in [3.05, 3.63) is 26.0 Å². The van der Waals surface area contributed by atoms with E-state index in [2.05, 4.69) is 25.5 Å². The molecule has 2 heterocycles. The summed E-state index contributed by atoms with van der Waals surface area (Å²) in [6, 6.07) is 0.0291. The zero-order valence-corrected chi connectivity index (χ0v) is 12.4. The van der Waals surface area contributed by atoms with E-state index in [-0.39, 0.29) is 16.5 Å². The minimum absolute atomic E-state index is 0.0291. The number of nitrogens with one attached hydrogen (secondary N) is 1. The molecule has 1 unspecified atom stereocenters. The van der Waals surface area contributed by atoms with E-state index in [0.29, 0.717) is 5.82 Å². The van der Waals surface area contributed by atoms with Gasteiger partial charge in [-0.1, -0.05) is 11.6 Å². The third-order valence-corrected chi connectivity index (χ3v) is 3.98. The van der Waals surface area contributed by atoms with E-state index in [1.54, 1.807) is 11.3 Å². The Balaban J connectivity index is 2.23. The standard InChI is InChI=1S/C10H11Cl2N5S/c1-4-7(18-6(3)13-4)5(2)14-9-8(11)16-17-10(12)15-9/h5H,1-3H3,(H,14,15,17). The Morgan fingerprint density at radius 1 is 1.17 bits per heavy atom. The van der Waals surface area contributed by atoms with Crippen molar-refractivity contribution in [1.82, 2.24) is 20.2 Å². The fourth-order valence-electron chi connectivity index (χ4n) is 1.60. The Morgan fingerprint density at radius 2 is 1.89 bits per heavy atom. The van der Waals surface area contributed by atoms with Gasteiger partial charge in [0.1, 0.15) is 0 Å². The van der Waals surface area contributed by atoms with Crippen molar-refractivity contribution in [2.45, 2.75) is 26.8 Å². The molecule has 0 aromatic carbocycles. The Kier molecular flexibility index (Phi) is 3.99. The van der Waals surface area contributed by atoms with Crippen molar-refractivity contribution in [2.24, 2.45) is 0 Å². The maximum Gasteiger partial charge on any atom is 0.245 e. The van der Waals surface area contributed by atoms with Gasteiger partial charge in [0.25, 0.3) is 0 Å². The molecule has 8 heteroatoms. The first kappa shape index (κ1) is 13.5. The lowest BCUT2D eigenvalue weighted by atomic mass is 10.2. The van der Waals surface area contributed by atoms with Crippen LogP contribution >= 0.6 is 34.5 Å². The third kappa shape index (κ3) is 2.88. The predicted octanol–water partition coefficient (Wildman–Crippen LogP) is 3.42. The van der Waals surface area contributed by atoms with Crippen LogP contribution in [0.25, 0.3) is 0 Å². The van der Waals surface area contributed by atoms with Crippen molar-refractivity contribution in [1.29, 1.82) is 0 Å². The van der Waals surface area contributed by atoms with Gasteiger partial charge in [0.05, 0.1) is 16.7 Å². The second kappa shape index (κ2) is 5.34. The number of anilines is 1. The van der Waals surface area contributed by atoms with Crippen LogP contribution in [0.1, 0.15) is 28.5 Å². The first-order valence-electron chi connectivity index (χ1n) is 5.23. The first-order chi connectivity index (χ1) is 8.47. The zero-order chi connectivity index (χ0) is 13.3. The number of thiazole rings is 1. The highest BCUT2D eigenvalue weighted by Crippen LogP contribution is 2.28. The van der Waals surface area contributed by atoms with Gasteiger partial charge in [-0.05, 0) is 32.4 Å². The summed E-state index contributed by atoms with van der Waals surface area (Å²) in [6.07, 6.45) is 0. The molecule has 0 amide bonds. The fourth-order valence-corrected chi connectivity index (χ4v) is 2.79. The summed E-state index contributed by atoms with van der Waals surface area (Å²) in [5.74, 6) is 0.426. The molecule has 0 bridgehead atoms. The highest BCUT2D eigenvalue weighted by Gasteiger charge is 2.15. The summed E-state index contributed by atoms with van der Waals surface area (Å²) in [5, 5.41) is 11.7. The van der Waals surface area contributed by atoms with Crippen LogP contribution in [0.15, 0.2) is 0 Å². The summed E-state index contributed by atoms with van der Waals surface area (Å²) >= 11 is 13.2. The van der Waals surface area contributed by atoms with E-state index < -0.39 is 0 Å². The molecule has 5 nitrogen and oxygen atoms in total. The van der Waals surface area contributed by atoms with Gasteiger partial charge < -0.3 is 5.32 Å². The summed E-state index contributed by atoms with van der Waals surface area (Å²) in [4.78, 5) is 9.53. The van der Waals surface area contributed by atoms with Crippen LogP contribution in [0.5, 0.6) is 0 Å². The predicted molar refractivity (Wildman–Crippen MR) is 73.5 cm³/mol. The molecule has 0 spiro atoms. The van der Waals surface area contributed by atoms with Gasteiger partial charge >= 0.3 is 0 Å². The van der Waals surface area contributed by atoms with Crippen LogP contribution in [-0.4, -0.2) is 20.2 Å².